The molecule has 5 aliphatic rings. The van der Waals surface area contributed by atoms with Gasteiger partial charge in [-0.15, -0.1) is 0 Å². The van der Waals surface area contributed by atoms with Crippen LogP contribution in [-0.4, -0.2) is 54.3 Å². The maximum Gasteiger partial charge on any atom is 0.305 e. The summed E-state index contributed by atoms with van der Waals surface area (Å²) in [6, 6.07) is 7.97. The first-order chi connectivity index (χ1) is 25.8. The standard InChI is InChI=1S/C42H42N8O4/c1-8-26-23(2)30-15-31-24(3)27(9-11-38(51)53-6)33(47-31)17-34-28(10-12-39(52)54-7)25(4)32(48-34)16-36-29-13-14-41(19-43,20-44)42(21-45,22-46)40(29,5)37(50-36)18-35(26)49-30/h8,13,16,24,32,49H,1,9-12,14-15,17-18H2,2-7H3. The van der Waals surface area contributed by atoms with Crippen molar-refractivity contribution < 1.29 is 19.1 Å². The van der Waals surface area contributed by atoms with E-state index in [0.29, 0.717) is 42.7 Å². The number of hydrogen-bond donors (Lipinski definition) is 1. The fourth-order valence-electron chi connectivity index (χ4n) is 8.91. The monoisotopic (exact) mass is 722 g/mol. The number of nitrogens with zero attached hydrogens (tertiary/aromatic N) is 7. The highest BCUT2D eigenvalue weighted by atomic mass is 16.5. The highest BCUT2D eigenvalue weighted by molar-refractivity contribution is 6.06. The highest BCUT2D eigenvalue weighted by Gasteiger charge is 2.70. The van der Waals surface area contributed by atoms with Gasteiger partial charge >= 0.3 is 11.9 Å². The Kier molecular flexibility index (Phi) is 9.78. The van der Waals surface area contributed by atoms with Gasteiger partial charge < -0.3 is 14.5 Å². The van der Waals surface area contributed by atoms with Gasteiger partial charge in [-0.25, -0.2) is 0 Å². The second kappa shape index (κ2) is 14.0. The molecule has 6 rings (SSSR count). The van der Waals surface area contributed by atoms with E-state index >= 15 is 0 Å². The van der Waals surface area contributed by atoms with Crippen molar-refractivity contribution in [2.45, 2.75) is 85.1 Å². The molecule has 1 aromatic heterocycles. The molecule has 8 bridgehead atoms. The summed E-state index contributed by atoms with van der Waals surface area (Å²) in [5, 5.41) is 42.7. The Hall–Kier alpha value is -6.11. The number of aromatic nitrogens is 1. The van der Waals surface area contributed by atoms with Gasteiger partial charge in [0.2, 0.25) is 0 Å². The van der Waals surface area contributed by atoms with Crippen LogP contribution in [0.25, 0.3) is 6.08 Å². The average molecular weight is 723 g/mol. The Morgan fingerprint density at radius 3 is 2.26 bits per heavy atom. The molecule has 3 atom stereocenters. The van der Waals surface area contributed by atoms with Gasteiger partial charge in [-0.1, -0.05) is 25.7 Å². The van der Waals surface area contributed by atoms with E-state index in [0.717, 1.165) is 56.4 Å². The minimum Gasteiger partial charge on any atom is -0.469 e. The lowest BCUT2D eigenvalue weighted by Crippen LogP contribution is -2.55. The van der Waals surface area contributed by atoms with Crippen molar-refractivity contribution in [2.24, 2.45) is 37.1 Å². The summed E-state index contributed by atoms with van der Waals surface area (Å²) in [6.07, 6.45) is 7.57. The molecular formula is C42H42N8O4. The molecule has 1 aromatic rings. The molecule has 12 heteroatoms. The second-order valence-electron chi connectivity index (χ2n) is 14.6. The molecule has 12 nitrogen and oxygen atoms in total. The zero-order chi connectivity index (χ0) is 39.2. The quantitative estimate of drug-likeness (QED) is 0.304. The van der Waals surface area contributed by atoms with Crippen molar-refractivity contribution in [2.75, 3.05) is 14.2 Å². The number of methoxy groups -OCH3 is 2. The van der Waals surface area contributed by atoms with Gasteiger partial charge in [-0.05, 0) is 73.1 Å². The van der Waals surface area contributed by atoms with Crippen molar-refractivity contribution >= 4 is 35.1 Å². The van der Waals surface area contributed by atoms with E-state index in [1.165, 1.54) is 14.2 Å². The van der Waals surface area contributed by atoms with Crippen LogP contribution in [0.5, 0.6) is 0 Å². The predicted octanol–water partition coefficient (Wildman–Crippen LogP) is 6.59. The molecule has 1 aliphatic carbocycles. The number of ether oxygens (including phenoxy) is 2. The lowest BCUT2D eigenvalue weighted by atomic mass is 9.46. The molecule has 0 saturated heterocycles. The van der Waals surface area contributed by atoms with Crippen molar-refractivity contribution in [1.82, 2.24) is 4.98 Å². The van der Waals surface area contributed by atoms with Gasteiger partial charge in [0.15, 0.2) is 10.8 Å². The number of aromatic amines is 1. The van der Waals surface area contributed by atoms with Crippen LogP contribution in [0.2, 0.25) is 0 Å². The molecule has 0 amide bonds. The Morgan fingerprint density at radius 2 is 1.65 bits per heavy atom. The normalized spacial score (nSPS) is 24.7. The lowest BCUT2D eigenvalue weighted by molar-refractivity contribution is -0.141. The van der Waals surface area contributed by atoms with Crippen LogP contribution in [0.1, 0.15) is 81.8 Å². The number of carbonyl (C=O) groups excluding carboxylic acids is 2. The summed E-state index contributed by atoms with van der Waals surface area (Å²) in [5.74, 6) is -0.730. The van der Waals surface area contributed by atoms with Crippen molar-refractivity contribution in [3.8, 4) is 24.3 Å². The van der Waals surface area contributed by atoms with Crippen molar-refractivity contribution in [1.29, 1.82) is 21.0 Å². The van der Waals surface area contributed by atoms with Crippen LogP contribution in [0.4, 0.5) is 0 Å². The Morgan fingerprint density at radius 1 is 0.981 bits per heavy atom. The molecule has 0 fully saturated rings. The molecule has 1 N–H and O–H groups in total. The average Bonchev–Trinajstić information content (AvgIpc) is 3.83. The van der Waals surface area contributed by atoms with Gasteiger partial charge in [0.1, 0.15) is 0 Å². The predicted molar refractivity (Wildman–Crippen MR) is 201 cm³/mol. The topological polar surface area (TPSA) is 201 Å². The number of esters is 2. The molecule has 0 spiro atoms. The van der Waals surface area contributed by atoms with E-state index in [1.54, 1.807) is 19.1 Å². The maximum absolute atomic E-state index is 12.4. The van der Waals surface area contributed by atoms with E-state index in [2.05, 4.69) is 42.8 Å². The first kappa shape index (κ1) is 37.6. The van der Waals surface area contributed by atoms with E-state index < -0.39 is 22.3 Å². The Bertz CT molecular complexity index is 2250. The fraction of sp³-hybridized carbons (Fsp3) is 0.452. The van der Waals surface area contributed by atoms with Crippen LogP contribution < -0.4 is 0 Å². The maximum atomic E-state index is 12.4. The summed E-state index contributed by atoms with van der Waals surface area (Å²) in [7, 11) is 2.73. The SMILES string of the molecule is C=Cc1c2[nH]c(c1C)CC1=NC(=C(CCC(=O)OC)C1C)CC1=NC(C=C3N=C(C2)C2(C)C3=CCC(C#N)(C#N)C2(C#N)C#N)C(C)=C1CCC(=O)OC. The molecule has 4 aliphatic heterocycles. The van der Waals surface area contributed by atoms with Crippen LogP contribution in [0, 0.1) is 74.4 Å². The third-order valence-corrected chi connectivity index (χ3v) is 12.3. The summed E-state index contributed by atoms with van der Waals surface area (Å²) < 4.78 is 9.96. The summed E-state index contributed by atoms with van der Waals surface area (Å²) >= 11 is 0. The molecule has 0 saturated carbocycles. The van der Waals surface area contributed by atoms with Gasteiger partial charge in [-0.2, -0.15) is 21.0 Å². The number of fused-ring (bicyclic) bond motifs is 8. The zero-order valence-electron chi connectivity index (χ0n) is 31.5. The number of rotatable bonds is 7. The van der Waals surface area contributed by atoms with E-state index in [-0.39, 0.29) is 43.5 Å². The number of allylic oxidation sites excluding steroid dienone is 5. The first-order valence-electron chi connectivity index (χ1n) is 18.0. The summed E-state index contributed by atoms with van der Waals surface area (Å²) in [6.45, 7) is 11.9. The van der Waals surface area contributed by atoms with E-state index in [1.807, 2.05) is 19.9 Å². The number of H-pyrrole nitrogens is 1. The summed E-state index contributed by atoms with van der Waals surface area (Å²) in [4.78, 5) is 43.9. The van der Waals surface area contributed by atoms with Gasteiger partial charge in [0.05, 0.1) is 55.7 Å². The van der Waals surface area contributed by atoms with Crippen LogP contribution in [0.3, 0.4) is 0 Å². The van der Waals surface area contributed by atoms with E-state index in [9.17, 15) is 30.6 Å². The molecule has 3 unspecified atom stereocenters. The highest BCUT2D eigenvalue weighted by Crippen LogP contribution is 2.64. The van der Waals surface area contributed by atoms with E-state index in [4.69, 9.17) is 24.5 Å². The minimum absolute atomic E-state index is 0.0756. The van der Waals surface area contributed by atoms with Crippen LogP contribution >= 0.6 is 0 Å². The molecule has 5 heterocycles. The largest absolute Gasteiger partial charge is 0.469 e. The fourth-order valence-corrected chi connectivity index (χ4v) is 8.91. The zero-order valence-corrected chi connectivity index (χ0v) is 31.5. The first-order valence-corrected chi connectivity index (χ1v) is 18.0. The van der Waals surface area contributed by atoms with Crippen LogP contribution in [-0.2, 0) is 31.9 Å². The van der Waals surface area contributed by atoms with Gasteiger partial charge in [-0.3, -0.25) is 24.6 Å². The third kappa shape index (κ3) is 5.48. The van der Waals surface area contributed by atoms with Gasteiger partial charge in [0.25, 0.3) is 0 Å². The Labute approximate surface area is 315 Å². The van der Waals surface area contributed by atoms with Crippen molar-refractivity contribution in [3.05, 3.63) is 74.9 Å². The number of hydrogen-bond acceptors (Lipinski definition) is 11. The molecular weight excluding hydrogens is 681 g/mol. The van der Waals surface area contributed by atoms with Crippen molar-refractivity contribution in [3.63, 3.8) is 0 Å². The Balaban J connectivity index is 1.61. The number of carbonyl (C=O) groups is 2. The lowest BCUT2D eigenvalue weighted by Gasteiger charge is -2.47. The summed E-state index contributed by atoms with van der Waals surface area (Å²) in [5.41, 5.74) is 4.95. The number of nitrogens with one attached hydrogen (secondary N) is 1. The second-order valence-corrected chi connectivity index (χ2v) is 14.6. The smallest absolute Gasteiger partial charge is 0.305 e. The molecule has 0 radical (unpaired) electrons. The molecule has 0 aromatic carbocycles. The minimum atomic E-state index is -2.10. The van der Waals surface area contributed by atoms with Crippen LogP contribution in [0.15, 0.2) is 67.4 Å². The number of nitriles is 4. The molecule has 54 heavy (non-hydrogen) atoms. The third-order valence-electron chi connectivity index (χ3n) is 12.3. The van der Waals surface area contributed by atoms with Gasteiger partial charge in [0, 0.05) is 78.7 Å². The molecule has 274 valence electrons. The number of aliphatic imine (C=N–C) groups is 3.